The number of aliphatic imine (C=N–C) groups is 2. The molecule has 2 N–H and O–H groups in total. The fourth-order valence-electron chi connectivity index (χ4n) is 2.89. The summed E-state index contributed by atoms with van der Waals surface area (Å²) in [7, 11) is 0. The molecule has 0 saturated heterocycles. The minimum atomic E-state index is 0.466. The van der Waals surface area contributed by atoms with Crippen LogP contribution >= 0.6 is 0 Å². The lowest BCUT2D eigenvalue weighted by Crippen LogP contribution is -2.16. The van der Waals surface area contributed by atoms with Gasteiger partial charge in [0.05, 0.1) is 6.54 Å². The molecule has 0 atom stereocenters. The molecule has 130 valence electrons. The zero-order valence-corrected chi connectivity index (χ0v) is 15.2. The number of aryl methyl sites for hydroxylation is 2. The molecule has 0 aliphatic rings. The van der Waals surface area contributed by atoms with Crippen molar-refractivity contribution >= 4 is 11.7 Å². The second kappa shape index (κ2) is 8.26. The third-order valence-electron chi connectivity index (χ3n) is 4.02. The van der Waals surface area contributed by atoms with Crippen LogP contribution in [0.5, 0.6) is 0 Å². The van der Waals surface area contributed by atoms with Gasteiger partial charge in [0.1, 0.15) is 5.84 Å². The summed E-state index contributed by atoms with van der Waals surface area (Å²) < 4.78 is 0. The molecule has 0 aliphatic heterocycles. The molecule has 0 radical (unpaired) electrons. The van der Waals surface area contributed by atoms with Gasteiger partial charge in [0, 0.05) is 11.1 Å². The molecule has 0 fully saturated rings. The largest absolute Gasteiger partial charge is 0.383 e. The number of nitrogens with two attached hydrogens (primary N) is 1. The molecule has 0 heterocycles. The molecule has 3 aromatic rings. The van der Waals surface area contributed by atoms with Gasteiger partial charge in [0.15, 0.2) is 5.84 Å². The summed E-state index contributed by atoms with van der Waals surface area (Å²) in [6.45, 7) is 4.77. The Balaban J connectivity index is 1.96. The molecule has 0 aromatic heterocycles. The molecule has 3 rings (SSSR count). The van der Waals surface area contributed by atoms with Gasteiger partial charge in [0.2, 0.25) is 0 Å². The van der Waals surface area contributed by atoms with Crippen LogP contribution in [0.2, 0.25) is 0 Å². The van der Waals surface area contributed by atoms with Crippen molar-refractivity contribution in [2.24, 2.45) is 15.7 Å². The maximum Gasteiger partial charge on any atom is 0.157 e. The number of benzene rings is 3. The number of hydrogen-bond donors (Lipinski definition) is 1. The van der Waals surface area contributed by atoms with Crippen LogP contribution in [-0.2, 0) is 6.54 Å². The normalized spacial score (nSPS) is 12.2. The van der Waals surface area contributed by atoms with E-state index in [2.05, 4.69) is 37.0 Å². The van der Waals surface area contributed by atoms with Crippen LogP contribution in [0.25, 0.3) is 0 Å². The lowest BCUT2D eigenvalue weighted by Gasteiger charge is -2.06. The van der Waals surface area contributed by atoms with E-state index in [-0.39, 0.29) is 0 Å². The fourth-order valence-corrected chi connectivity index (χ4v) is 2.89. The Labute approximate surface area is 155 Å². The second-order valence-corrected chi connectivity index (χ2v) is 6.36. The minimum Gasteiger partial charge on any atom is -0.383 e. The van der Waals surface area contributed by atoms with E-state index in [4.69, 9.17) is 10.7 Å². The highest BCUT2D eigenvalue weighted by atomic mass is 15.0. The monoisotopic (exact) mass is 341 g/mol. The van der Waals surface area contributed by atoms with Crippen LogP contribution in [0.3, 0.4) is 0 Å². The first-order chi connectivity index (χ1) is 12.6. The third kappa shape index (κ3) is 4.67. The Morgan fingerprint density at radius 2 is 1.31 bits per heavy atom. The summed E-state index contributed by atoms with van der Waals surface area (Å²) >= 11 is 0. The standard InChI is InChI=1S/C23H23N3/c1-17-13-18(2)15-19(14-17)16-25-23(21-11-7-4-8-12-21)26-22(24)20-9-5-3-6-10-20/h3-15H,16H2,1-2H3,(H2,24,25,26). The lowest BCUT2D eigenvalue weighted by molar-refractivity contribution is 1.05. The summed E-state index contributed by atoms with van der Waals surface area (Å²) in [4.78, 5) is 9.38. The van der Waals surface area contributed by atoms with Crippen molar-refractivity contribution in [3.63, 3.8) is 0 Å². The zero-order valence-electron chi connectivity index (χ0n) is 15.2. The van der Waals surface area contributed by atoms with E-state index in [1.54, 1.807) is 0 Å². The first kappa shape index (κ1) is 17.6. The van der Waals surface area contributed by atoms with Crippen molar-refractivity contribution < 1.29 is 0 Å². The molecule has 0 saturated carbocycles. The third-order valence-corrected chi connectivity index (χ3v) is 4.02. The van der Waals surface area contributed by atoms with Gasteiger partial charge in [-0.05, 0) is 19.4 Å². The van der Waals surface area contributed by atoms with Crippen molar-refractivity contribution in [2.45, 2.75) is 20.4 Å². The number of amidine groups is 2. The molecule has 0 unspecified atom stereocenters. The predicted octanol–water partition coefficient (Wildman–Crippen LogP) is 4.66. The maximum atomic E-state index is 6.22. The lowest BCUT2D eigenvalue weighted by atomic mass is 10.1. The molecule has 0 bridgehead atoms. The highest BCUT2D eigenvalue weighted by molar-refractivity contribution is 6.10. The summed E-state index contributed by atoms with van der Waals surface area (Å²) in [5.41, 5.74) is 11.7. The summed E-state index contributed by atoms with van der Waals surface area (Å²) in [5.74, 6) is 1.11. The van der Waals surface area contributed by atoms with Gasteiger partial charge in [-0.25, -0.2) is 4.99 Å². The van der Waals surface area contributed by atoms with Gasteiger partial charge in [-0.1, -0.05) is 90.0 Å². The predicted molar refractivity (Wildman–Crippen MR) is 110 cm³/mol. The molecule has 0 amide bonds. The average Bonchev–Trinajstić information content (AvgIpc) is 2.65. The van der Waals surface area contributed by atoms with E-state index in [9.17, 15) is 0 Å². The Kier molecular flexibility index (Phi) is 5.59. The van der Waals surface area contributed by atoms with Gasteiger partial charge < -0.3 is 5.73 Å². The van der Waals surface area contributed by atoms with E-state index >= 15 is 0 Å². The summed E-state index contributed by atoms with van der Waals surface area (Å²) in [6.07, 6.45) is 0. The topological polar surface area (TPSA) is 50.7 Å². The number of rotatable bonds is 4. The van der Waals surface area contributed by atoms with Gasteiger partial charge >= 0.3 is 0 Å². The Bertz CT molecular complexity index is 906. The van der Waals surface area contributed by atoms with E-state index < -0.39 is 0 Å². The van der Waals surface area contributed by atoms with Crippen molar-refractivity contribution in [2.75, 3.05) is 0 Å². The minimum absolute atomic E-state index is 0.466. The van der Waals surface area contributed by atoms with Crippen LogP contribution in [0.1, 0.15) is 27.8 Å². The molecule has 0 spiro atoms. The molecular formula is C23H23N3. The Morgan fingerprint density at radius 1 is 0.769 bits per heavy atom. The van der Waals surface area contributed by atoms with Crippen LogP contribution in [-0.4, -0.2) is 11.7 Å². The second-order valence-electron chi connectivity index (χ2n) is 6.36. The number of nitrogens with zero attached hydrogens (tertiary/aromatic N) is 2. The van der Waals surface area contributed by atoms with Crippen molar-refractivity contribution in [1.82, 2.24) is 0 Å². The first-order valence-corrected chi connectivity index (χ1v) is 8.68. The first-order valence-electron chi connectivity index (χ1n) is 8.68. The summed E-state index contributed by atoms with van der Waals surface area (Å²) in [5, 5.41) is 0. The van der Waals surface area contributed by atoms with Crippen LogP contribution < -0.4 is 5.73 Å². The molecule has 0 aliphatic carbocycles. The molecule has 3 nitrogen and oxygen atoms in total. The van der Waals surface area contributed by atoms with Crippen molar-refractivity contribution in [3.05, 3.63) is 107 Å². The molecule has 26 heavy (non-hydrogen) atoms. The highest BCUT2D eigenvalue weighted by Gasteiger charge is 2.05. The van der Waals surface area contributed by atoms with Gasteiger partial charge in [-0.3, -0.25) is 4.99 Å². The average molecular weight is 341 g/mol. The van der Waals surface area contributed by atoms with E-state index in [0.717, 1.165) is 11.1 Å². The number of hydrogen-bond acceptors (Lipinski definition) is 1. The fraction of sp³-hybridized carbons (Fsp3) is 0.130. The zero-order chi connectivity index (χ0) is 18.4. The van der Waals surface area contributed by atoms with E-state index in [0.29, 0.717) is 18.2 Å². The quantitative estimate of drug-likeness (QED) is 0.545. The maximum absolute atomic E-state index is 6.22. The summed E-state index contributed by atoms with van der Waals surface area (Å²) in [6, 6.07) is 26.2. The molecule has 3 aromatic carbocycles. The highest BCUT2D eigenvalue weighted by Crippen LogP contribution is 2.12. The van der Waals surface area contributed by atoms with E-state index in [1.807, 2.05) is 60.7 Å². The van der Waals surface area contributed by atoms with Gasteiger partial charge in [-0.15, -0.1) is 0 Å². The molecule has 3 heteroatoms. The van der Waals surface area contributed by atoms with E-state index in [1.165, 1.54) is 16.7 Å². The van der Waals surface area contributed by atoms with Crippen LogP contribution in [0.4, 0.5) is 0 Å². The van der Waals surface area contributed by atoms with Crippen molar-refractivity contribution in [3.8, 4) is 0 Å². The van der Waals surface area contributed by atoms with Gasteiger partial charge in [0.25, 0.3) is 0 Å². The van der Waals surface area contributed by atoms with Crippen LogP contribution in [0, 0.1) is 13.8 Å². The molecular weight excluding hydrogens is 318 g/mol. The van der Waals surface area contributed by atoms with Crippen molar-refractivity contribution in [1.29, 1.82) is 0 Å². The Hall–Kier alpha value is -3.20. The SMILES string of the molecule is Cc1cc(C)cc(CN=C(N=C(N)c2ccccc2)c2ccccc2)c1. The Morgan fingerprint density at radius 3 is 1.88 bits per heavy atom. The van der Waals surface area contributed by atoms with Crippen LogP contribution in [0.15, 0.2) is 88.8 Å². The smallest absolute Gasteiger partial charge is 0.157 e. The van der Waals surface area contributed by atoms with Gasteiger partial charge in [-0.2, -0.15) is 0 Å².